The Morgan fingerprint density at radius 3 is 2.94 bits per heavy atom. The summed E-state index contributed by atoms with van der Waals surface area (Å²) < 4.78 is 0. The molecule has 1 aliphatic rings. The number of nitrogens with zero attached hydrogens (tertiary/aromatic N) is 1. The van der Waals surface area contributed by atoms with E-state index in [1.807, 2.05) is 25.2 Å². The molecule has 0 radical (unpaired) electrons. The number of β-amino-alcohol motifs (C(OH)–C–C–N with tert-alkyl or cyclic N) is 1. The zero-order chi connectivity index (χ0) is 11.8. The van der Waals surface area contributed by atoms with Gasteiger partial charge in [-0.3, -0.25) is 4.90 Å². The largest absolute Gasteiger partial charge is 0.389 e. The molecule has 0 spiro atoms. The second-order valence-corrected chi connectivity index (χ2v) is 6.26. The van der Waals surface area contributed by atoms with E-state index in [1.165, 1.54) is 5.56 Å². The third-order valence-electron chi connectivity index (χ3n) is 3.18. The highest BCUT2D eigenvalue weighted by Crippen LogP contribution is 2.35. The van der Waals surface area contributed by atoms with Crippen molar-refractivity contribution >= 4 is 11.3 Å². The Morgan fingerprint density at radius 1 is 1.56 bits per heavy atom. The minimum Gasteiger partial charge on any atom is -0.389 e. The molecule has 2 nitrogen and oxygen atoms in total. The lowest BCUT2D eigenvalue weighted by molar-refractivity contribution is 0.0169. The van der Waals surface area contributed by atoms with E-state index in [9.17, 15) is 5.11 Å². The normalized spacial score (nSPS) is 22.1. The molecular formula is C13H21NOS. The molecule has 1 atom stereocenters. The first-order valence-electron chi connectivity index (χ1n) is 6.04. The standard InChI is InChI=1S/C13H21NOS/c1-4-11-10-6-8-16-12(10)5-7-14(11)9-13(2,3)15/h6,8,11,15H,4-5,7,9H2,1-3H3. The van der Waals surface area contributed by atoms with Crippen LogP contribution in [0.1, 0.15) is 43.7 Å². The first-order valence-corrected chi connectivity index (χ1v) is 6.92. The van der Waals surface area contributed by atoms with Crippen molar-refractivity contribution in [2.75, 3.05) is 13.1 Å². The molecule has 1 aliphatic heterocycles. The van der Waals surface area contributed by atoms with E-state index in [0.717, 1.165) is 25.9 Å². The number of aliphatic hydroxyl groups is 1. The maximum Gasteiger partial charge on any atom is 0.0718 e. The summed E-state index contributed by atoms with van der Waals surface area (Å²) in [4.78, 5) is 3.97. The van der Waals surface area contributed by atoms with Gasteiger partial charge in [-0.25, -0.2) is 0 Å². The molecule has 1 aromatic rings. The molecular weight excluding hydrogens is 218 g/mol. The lowest BCUT2D eigenvalue weighted by atomic mass is 9.96. The molecule has 1 N–H and O–H groups in total. The predicted octanol–water partition coefficient (Wildman–Crippen LogP) is 2.83. The van der Waals surface area contributed by atoms with Crippen molar-refractivity contribution in [2.24, 2.45) is 0 Å². The Bertz CT molecular complexity index is 353. The SMILES string of the molecule is CCC1c2ccsc2CCN1CC(C)(C)O. The van der Waals surface area contributed by atoms with E-state index in [1.54, 1.807) is 4.88 Å². The van der Waals surface area contributed by atoms with Crippen LogP contribution < -0.4 is 0 Å². The molecule has 0 bridgehead atoms. The molecule has 0 aromatic carbocycles. The molecule has 0 aliphatic carbocycles. The van der Waals surface area contributed by atoms with E-state index in [4.69, 9.17) is 0 Å². The summed E-state index contributed by atoms with van der Waals surface area (Å²) in [6, 6.07) is 2.76. The van der Waals surface area contributed by atoms with Gasteiger partial charge in [-0.1, -0.05) is 6.92 Å². The Kier molecular flexibility index (Phi) is 3.38. The molecule has 0 saturated heterocycles. The average molecular weight is 239 g/mol. The van der Waals surface area contributed by atoms with E-state index >= 15 is 0 Å². The van der Waals surface area contributed by atoms with Gasteiger partial charge in [-0.05, 0) is 43.7 Å². The van der Waals surface area contributed by atoms with Crippen LogP contribution in [0.15, 0.2) is 11.4 Å². The summed E-state index contributed by atoms with van der Waals surface area (Å²) in [5.41, 5.74) is 0.893. The van der Waals surface area contributed by atoms with Crippen molar-refractivity contribution in [3.8, 4) is 0 Å². The van der Waals surface area contributed by atoms with Gasteiger partial charge in [0.15, 0.2) is 0 Å². The molecule has 1 aromatic heterocycles. The fourth-order valence-corrected chi connectivity index (χ4v) is 3.54. The van der Waals surface area contributed by atoms with E-state index in [-0.39, 0.29) is 0 Å². The second kappa shape index (κ2) is 4.47. The average Bonchev–Trinajstić information content (AvgIpc) is 2.62. The van der Waals surface area contributed by atoms with E-state index in [2.05, 4.69) is 23.3 Å². The summed E-state index contributed by atoms with van der Waals surface area (Å²) in [5, 5.41) is 12.1. The van der Waals surface area contributed by atoms with Crippen molar-refractivity contribution in [2.45, 2.75) is 45.3 Å². The minimum atomic E-state index is -0.596. The van der Waals surface area contributed by atoms with Crippen LogP contribution in [0.2, 0.25) is 0 Å². The van der Waals surface area contributed by atoms with E-state index in [0.29, 0.717) is 6.04 Å². The molecule has 16 heavy (non-hydrogen) atoms. The molecule has 2 heterocycles. The van der Waals surface area contributed by atoms with Gasteiger partial charge in [0.1, 0.15) is 0 Å². The Morgan fingerprint density at radius 2 is 2.31 bits per heavy atom. The molecule has 1 unspecified atom stereocenters. The quantitative estimate of drug-likeness (QED) is 0.876. The molecule has 3 heteroatoms. The zero-order valence-electron chi connectivity index (χ0n) is 10.4. The van der Waals surface area contributed by atoms with Crippen LogP contribution in [0.25, 0.3) is 0 Å². The van der Waals surface area contributed by atoms with Gasteiger partial charge in [-0.15, -0.1) is 11.3 Å². The van der Waals surface area contributed by atoms with Gasteiger partial charge in [0.2, 0.25) is 0 Å². The number of fused-ring (bicyclic) bond motifs is 1. The third-order valence-corrected chi connectivity index (χ3v) is 4.18. The fourth-order valence-electron chi connectivity index (χ4n) is 2.61. The van der Waals surface area contributed by atoms with Crippen LogP contribution >= 0.6 is 11.3 Å². The summed E-state index contributed by atoms with van der Waals surface area (Å²) in [6.07, 6.45) is 2.26. The molecule has 0 fully saturated rings. The van der Waals surface area contributed by atoms with Gasteiger partial charge in [0.05, 0.1) is 5.60 Å². The lowest BCUT2D eigenvalue weighted by Crippen LogP contribution is -2.43. The molecule has 0 saturated carbocycles. The zero-order valence-corrected chi connectivity index (χ0v) is 11.2. The fraction of sp³-hybridized carbons (Fsp3) is 0.692. The second-order valence-electron chi connectivity index (χ2n) is 5.26. The maximum absolute atomic E-state index is 9.94. The monoisotopic (exact) mass is 239 g/mol. The number of hydrogen-bond donors (Lipinski definition) is 1. The van der Waals surface area contributed by atoms with Crippen LogP contribution in [0, 0.1) is 0 Å². The lowest BCUT2D eigenvalue weighted by Gasteiger charge is -2.38. The van der Waals surface area contributed by atoms with Crippen LogP contribution in [-0.4, -0.2) is 28.7 Å². The van der Waals surface area contributed by atoms with Gasteiger partial charge < -0.3 is 5.11 Å². The van der Waals surface area contributed by atoms with Crippen molar-refractivity contribution in [3.05, 3.63) is 21.9 Å². The Labute approximate surface area is 102 Å². The van der Waals surface area contributed by atoms with Gasteiger partial charge in [0, 0.05) is 24.0 Å². The van der Waals surface area contributed by atoms with E-state index < -0.39 is 5.60 Å². The van der Waals surface area contributed by atoms with Crippen LogP contribution in [0.5, 0.6) is 0 Å². The first kappa shape index (κ1) is 12.1. The molecule has 90 valence electrons. The van der Waals surface area contributed by atoms with Crippen molar-refractivity contribution in [1.82, 2.24) is 4.90 Å². The van der Waals surface area contributed by atoms with Crippen LogP contribution in [-0.2, 0) is 6.42 Å². The smallest absolute Gasteiger partial charge is 0.0718 e. The molecule has 2 rings (SSSR count). The van der Waals surface area contributed by atoms with Crippen LogP contribution in [0.4, 0.5) is 0 Å². The summed E-state index contributed by atoms with van der Waals surface area (Å²) >= 11 is 1.88. The van der Waals surface area contributed by atoms with Gasteiger partial charge in [0.25, 0.3) is 0 Å². The topological polar surface area (TPSA) is 23.5 Å². The van der Waals surface area contributed by atoms with Crippen molar-refractivity contribution in [3.63, 3.8) is 0 Å². The van der Waals surface area contributed by atoms with Crippen molar-refractivity contribution in [1.29, 1.82) is 0 Å². The number of thiophene rings is 1. The number of hydrogen-bond acceptors (Lipinski definition) is 3. The summed E-state index contributed by atoms with van der Waals surface area (Å²) in [5.74, 6) is 0. The highest BCUT2D eigenvalue weighted by Gasteiger charge is 2.30. The summed E-state index contributed by atoms with van der Waals surface area (Å²) in [7, 11) is 0. The summed E-state index contributed by atoms with van der Waals surface area (Å²) in [6.45, 7) is 7.86. The van der Waals surface area contributed by atoms with Crippen molar-refractivity contribution < 1.29 is 5.11 Å². The molecule has 0 amide bonds. The maximum atomic E-state index is 9.94. The minimum absolute atomic E-state index is 0.501. The third kappa shape index (κ3) is 2.47. The number of rotatable bonds is 3. The highest BCUT2D eigenvalue weighted by molar-refractivity contribution is 7.10. The Balaban J connectivity index is 2.18. The first-order chi connectivity index (χ1) is 7.51. The predicted molar refractivity (Wildman–Crippen MR) is 68.9 cm³/mol. The van der Waals surface area contributed by atoms with Crippen LogP contribution in [0.3, 0.4) is 0 Å². The Hall–Kier alpha value is -0.380. The highest BCUT2D eigenvalue weighted by atomic mass is 32.1. The van der Waals surface area contributed by atoms with Gasteiger partial charge in [-0.2, -0.15) is 0 Å². The van der Waals surface area contributed by atoms with Gasteiger partial charge >= 0.3 is 0 Å².